The number of aromatic nitrogens is 1. The van der Waals surface area contributed by atoms with Crippen molar-refractivity contribution < 1.29 is 9.47 Å². The molecule has 0 amide bonds. The first-order chi connectivity index (χ1) is 9.72. The average Bonchev–Trinajstić information content (AvgIpc) is 2.48. The summed E-state index contributed by atoms with van der Waals surface area (Å²) >= 11 is 0. The lowest BCUT2D eigenvalue weighted by Crippen LogP contribution is -2.31. The van der Waals surface area contributed by atoms with E-state index in [4.69, 9.17) is 9.47 Å². The lowest BCUT2D eigenvalue weighted by molar-refractivity contribution is 0.190. The molecule has 0 aromatic carbocycles. The van der Waals surface area contributed by atoms with Gasteiger partial charge in [-0.2, -0.15) is 0 Å². The molecule has 1 atom stereocenters. The van der Waals surface area contributed by atoms with Gasteiger partial charge in [0.05, 0.1) is 13.2 Å². The molecule has 0 aliphatic rings. The fourth-order valence-electron chi connectivity index (χ4n) is 2.04. The van der Waals surface area contributed by atoms with Crippen molar-refractivity contribution in [2.24, 2.45) is 0 Å². The predicted molar refractivity (Wildman–Crippen MR) is 82.3 cm³/mol. The number of nitrogens with zero attached hydrogens (tertiary/aromatic N) is 2. The molecule has 1 N–H and O–H groups in total. The molecule has 1 heterocycles. The topological polar surface area (TPSA) is 46.6 Å². The van der Waals surface area contributed by atoms with Crippen LogP contribution in [0.4, 0.5) is 5.82 Å². The van der Waals surface area contributed by atoms with E-state index in [9.17, 15) is 0 Å². The van der Waals surface area contributed by atoms with E-state index in [0.29, 0.717) is 19.3 Å². The summed E-state index contributed by atoms with van der Waals surface area (Å²) in [7, 11) is 3.43. The molecule has 0 radical (unpaired) electrons. The molecule has 5 heteroatoms. The maximum atomic E-state index is 5.17. The first kappa shape index (κ1) is 16.9. The van der Waals surface area contributed by atoms with Gasteiger partial charge in [0.15, 0.2) is 0 Å². The molecule has 0 aliphatic carbocycles. The number of hydrogen-bond acceptors (Lipinski definition) is 5. The highest BCUT2D eigenvalue weighted by atomic mass is 16.5. The number of pyridine rings is 1. The molecule has 1 unspecified atom stereocenters. The van der Waals surface area contributed by atoms with Crippen LogP contribution >= 0.6 is 0 Å². The lowest BCUT2D eigenvalue weighted by Gasteiger charge is -2.24. The highest BCUT2D eigenvalue weighted by Crippen LogP contribution is 2.18. The van der Waals surface area contributed by atoms with Crippen molar-refractivity contribution in [3.05, 3.63) is 23.9 Å². The van der Waals surface area contributed by atoms with Gasteiger partial charge in [0.25, 0.3) is 0 Å². The Morgan fingerprint density at radius 3 is 2.45 bits per heavy atom. The van der Waals surface area contributed by atoms with E-state index >= 15 is 0 Å². The third-order valence-corrected chi connectivity index (χ3v) is 3.23. The van der Waals surface area contributed by atoms with Crippen LogP contribution in [-0.4, -0.2) is 52.1 Å². The monoisotopic (exact) mass is 281 g/mol. The zero-order valence-corrected chi connectivity index (χ0v) is 13.1. The predicted octanol–water partition coefficient (Wildman–Crippen LogP) is 1.85. The van der Waals surface area contributed by atoms with Gasteiger partial charge >= 0.3 is 0 Å². The van der Waals surface area contributed by atoms with E-state index in [0.717, 1.165) is 25.5 Å². The highest BCUT2D eigenvalue weighted by Gasteiger charge is 2.10. The van der Waals surface area contributed by atoms with E-state index in [1.165, 1.54) is 5.56 Å². The molecule has 114 valence electrons. The van der Waals surface area contributed by atoms with Crippen molar-refractivity contribution in [1.29, 1.82) is 0 Å². The Labute approximate surface area is 122 Å². The molecule has 0 aliphatic heterocycles. The SMILES string of the molecule is CCNC(C)c1ccnc(N(CCOC)CCOC)c1. The Kier molecular flexibility index (Phi) is 8.18. The van der Waals surface area contributed by atoms with Crippen LogP contribution in [0.3, 0.4) is 0 Å². The number of anilines is 1. The molecule has 0 saturated carbocycles. The van der Waals surface area contributed by atoms with Crippen molar-refractivity contribution in [1.82, 2.24) is 10.3 Å². The third kappa shape index (κ3) is 5.45. The third-order valence-electron chi connectivity index (χ3n) is 3.23. The van der Waals surface area contributed by atoms with Gasteiger partial charge in [-0.25, -0.2) is 4.98 Å². The minimum Gasteiger partial charge on any atom is -0.383 e. The van der Waals surface area contributed by atoms with Crippen LogP contribution in [-0.2, 0) is 9.47 Å². The van der Waals surface area contributed by atoms with Gasteiger partial charge in [-0.05, 0) is 31.2 Å². The summed E-state index contributed by atoms with van der Waals surface area (Å²) in [5, 5.41) is 3.42. The maximum Gasteiger partial charge on any atom is 0.128 e. The number of ether oxygens (including phenoxy) is 2. The largest absolute Gasteiger partial charge is 0.383 e. The van der Waals surface area contributed by atoms with Crippen molar-refractivity contribution >= 4 is 5.82 Å². The smallest absolute Gasteiger partial charge is 0.128 e. The number of hydrogen-bond donors (Lipinski definition) is 1. The molecular weight excluding hydrogens is 254 g/mol. The van der Waals surface area contributed by atoms with E-state index in [-0.39, 0.29) is 0 Å². The van der Waals surface area contributed by atoms with Gasteiger partial charge in [-0.15, -0.1) is 0 Å². The molecule has 1 rings (SSSR count). The second-order valence-electron chi connectivity index (χ2n) is 4.70. The van der Waals surface area contributed by atoms with Gasteiger partial charge in [-0.1, -0.05) is 6.92 Å². The minimum atomic E-state index is 0.327. The standard InChI is InChI=1S/C15H27N3O2/c1-5-16-13(2)14-6-7-17-15(12-14)18(8-10-19-3)9-11-20-4/h6-7,12-13,16H,5,8-11H2,1-4H3. The second-order valence-corrected chi connectivity index (χ2v) is 4.70. The fourth-order valence-corrected chi connectivity index (χ4v) is 2.04. The summed E-state index contributed by atoms with van der Waals surface area (Å²) in [4.78, 5) is 6.66. The molecule has 0 saturated heterocycles. The van der Waals surface area contributed by atoms with Gasteiger partial charge in [-0.3, -0.25) is 0 Å². The maximum absolute atomic E-state index is 5.17. The second kappa shape index (κ2) is 9.69. The minimum absolute atomic E-state index is 0.327. The van der Waals surface area contributed by atoms with Gasteiger partial charge in [0, 0.05) is 39.5 Å². The Bertz CT molecular complexity index is 366. The Morgan fingerprint density at radius 2 is 1.90 bits per heavy atom. The van der Waals surface area contributed by atoms with E-state index in [2.05, 4.69) is 41.2 Å². The molecule has 5 nitrogen and oxygen atoms in total. The van der Waals surface area contributed by atoms with Crippen LogP contribution in [0.2, 0.25) is 0 Å². The van der Waals surface area contributed by atoms with Crippen molar-refractivity contribution in [2.75, 3.05) is 52.0 Å². The van der Waals surface area contributed by atoms with Crippen LogP contribution in [0.1, 0.15) is 25.5 Å². The molecule has 0 bridgehead atoms. The molecule has 20 heavy (non-hydrogen) atoms. The normalized spacial score (nSPS) is 12.4. The molecule has 1 aromatic heterocycles. The van der Waals surface area contributed by atoms with Gasteiger partial charge in [0.1, 0.15) is 5.82 Å². The Hall–Kier alpha value is -1.17. The summed E-state index contributed by atoms with van der Waals surface area (Å²) in [5.74, 6) is 0.973. The van der Waals surface area contributed by atoms with Gasteiger partial charge < -0.3 is 19.7 Å². The quantitative estimate of drug-likeness (QED) is 0.709. The Morgan fingerprint density at radius 1 is 1.25 bits per heavy atom. The van der Waals surface area contributed by atoms with E-state index in [1.54, 1.807) is 14.2 Å². The van der Waals surface area contributed by atoms with E-state index < -0.39 is 0 Å². The average molecular weight is 281 g/mol. The first-order valence-corrected chi connectivity index (χ1v) is 7.15. The molecular formula is C15H27N3O2. The van der Waals surface area contributed by atoms with E-state index in [1.807, 2.05) is 6.20 Å². The summed E-state index contributed by atoms with van der Waals surface area (Å²) in [6.07, 6.45) is 1.87. The fraction of sp³-hybridized carbons (Fsp3) is 0.667. The van der Waals surface area contributed by atoms with Crippen LogP contribution in [0.25, 0.3) is 0 Å². The van der Waals surface area contributed by atoms with Gasteiger partial charge in [0.2, 0.25) is 0 Å². The molecule has 1 aromatic rings. The summed E-state index contributed by atoms with van der Waals surface area (Å²) < 4.78 is 10.3. The highest BCUT2D eigenvalue weighted by molar-refractivity contribution is 5.41. The summed E-state index contributed by atoms with van der Waals surface area (Å²) in [6, 6.07) is 4.52. The first-order valence-electron chi connectivity index (χ1n) is 7.15. The van der Waals surface area contributed by atoms with Crippen LogP contribution in [0.5, 0.6) is 0 Å². The number of rotatable bonds is 10. The zero-order valence-electron chi connectivity index (χ0n) is 13.1. The van der Waals surface area contributed by atoms with Crippen LogP contribution in [0.15, 0.2) is 18.3 Å². The molecule has 0 fully saturated rings. The zero-order chi connectivity index (χ0) is 14.8. The summed E-state index contributed by atoms with van der Waals surface area (Å²) in [5.41, 5.74) is 1.25. The lowest BCUT2D eigenvalue weighted by atomic mass is 10.1. The number of methoxy groups -OCH3 is 2. The number of nitrogens with one attached hydrogen (secondary N) is 1. The van der Waals surface area contributed by atoms with Crippen molar-refractivity contribution in [3.63, 3.8) is 0 Å². The van der Waals surface area contributed by atoms with Crippen LogP contribution < -0.4 is 10.2 Å². The van der Waals surface area contributed by atoms with Crippen molar-refractivity contribution in [3.8, 4) is 0 Å². The summed E-state index contributed by atoms with van der Waals surface area (Å²) in [6.45, 7) is 8.21. The van der Waals surface area contributed by atoms with Crippen LogP contribution in [0, 0.1) is 0 Å². The van der Waals surface area contributed by atoms with Crippen molar-refractivity contribution in [2.45, 2.75) is 19.9 Å². The molecule has 0 spiro atoms. The Balaban J connectivity index is 2.80.